The molecule has 0 bridgehead atoms. The lowest BCUT2D eigenvalue weighted by atomic mass is 9.91. The molecule has 0 unspecified atom stereocenters. The highest BCUT2D eigenvalue weighted by molar-refractivity contribution is 5.85. The molecule has 0 radical (unpaired) electrons. The number of carbonyl (C=O) groups excluding carboxylic acids is 1. The van der Waals surface area contributed by atoms with E-state index < -0.39 is 0 Å². The lowest BCUT2D eigenvalue weighted by molar-refractivity contribution is -0.138. The smallest absolute Gasteiger partial charge is 0.225 e. The Kier molecular flexibility index (Phi) is 6.44. The highest BCUT2D eigenvalue weighted by Crippen LogP contribution is 2.33. The van der Waals surface area contributed by atoms with Gasteiger partial charge in [-0.2, -0.15) is 0 Å². The standard InChI is InChI=1S/C14H26N2O.ClH/c1-16(12-7-3-2-4-8-12)14(17)13-9-5-6-11(13)10-15;/h11-13H,2-10,15H2,1H3;1H/t11-,13-;/m1./s1. The van der Waals surface area contributed by atoms with Crippen LogP contribution in [0.15, 0.2) is 0 Å². The first-order chi connectivity index (χ1) is 8.24. The maximum absolute atomic E-state index is 12.5. The fourth-order valence-electron chi connectivity index (χ4n) is 3.55. The van der Waals surface area contributed by atoms with Crippen molar-refractivity contribution in [2.45, 2.75) is 57.4 Å². The molecule has 106 valence electrons. The zero-order valence-electron chi connectivity index (χ0n) is 11.4. The largest absolute Gasteiger partial charge is 0.343 e. The van der Waals surface area contributed by atoms with Crippen molar-refractivity contribution < 1.29 is 4.79 Å². The van der Waals surface area contributed by atoms with E-state index in [4.69, 9.17) is 5.73 Å². The third-order valence-electron chi connectivity index (χ3n) is 4.75. The third-order valence-corrected chi connectivity index (χ3v) is 4.75. The Hall–Kier alpha value is -0.280. The Labute approximate surface area is 117 Å². The Morgan fingerprint density at radius 1 is 1.11 bits per heavy atom. The van der Waals surface area contributed by atoms with Gasteiger partial charge in [-0.1, -0.05) is 25.7 Å². The summed E-state index contributed by atoms with van der Waals surface area (Å²) in [5.41, 5.74) is 5.77. The first kappa shape index (κ1) is 15.8. The van der Waals surface area contributed by atoms with Crippen molar-refractivity contribution >= 4 is 18.3 Å². The van der Waals surface area contributed by atoms with Gasteiger partial charge in [0.1, 0.15) is 0 Å². The lowest BCUT2D eigenvalue weighted by Crippen LogP contribution is -2.43. The first-order valence-electron chi connectivity index (χ1n) is 7.20. The molecule has 2 aliphatic carbocycles. The molecule has 2 aliphatic rings. The van der Waals surface area contributed by atoms with E-state index in [1.54, 1.807) is 0 Å². The molecule has 2 fully saturated rings. The number of rotatable bonds is 3. The average Bonchev–Trinajstić information content (AvgIpc) is 2.86. The molecular formula is C14H27ClN2O. The summed E-state index contributed by atoms with van der Waals surface area (Å²) >= 11 is 0. The van der Waals surface area contributed by atoms with Gasteiger partial charge >= 0.3 is 0 Å². The van der Waals surface area contributed by atoms with Gasteiger partial charge in [0.25, 0.3) is 0 Å². The van der Waals surface area contributed by atoms with Gasteiger partial charge in [-0.05, 0) is 38.1 Å². The van der Waals surface area contributed by atoms with Gasteiger partial charge in [-0.3, -0.25) is 4.79 Å². The molecule has 0 heterocycles. The zero-order valence-corrected chi connectivity index (χ0v) is 12.3. The van der Waals surface area contributed by atoms with Crippen LogP contribution < -0.4 is 5.73 Å². The van der Waals surface area contributed by atoms with Gasteiger partial charge < -0.3 is 10.6 Å². The van der Waals surface area contributed by atoms with E-state index in [9.17, 15) is 4.79 Å². The summed E-state index contributed by atoms with van der Waals surface area (Å²) < 4.78 is 0. The molecule has 0 saturated heterocycles. The monoisotopic (exact) mass is 274 g/mol. The van der Waals surface area contributed by atoms with E-state index >= 15 is 0 Å². The summed E-state index contributed by atoms with van der Waals surface area (Å²) in [5, 5.41) is 0. The Balaban J connectivity index is 0.00000162. The average molecular weight is 275 g/mol. The minimum absolute atomic E-state index is 0. The van der Waals surface area contributed by atoms with Crippen molar-refractivity contribution in [2.24, 2.45) is 17.6 Å². The molecule has 2 atom stereocenters. The normalized spacial score (nSPS) is 28.8. The van der Waals surface area contributed by atoms with Crippen LogP contribution in [0.1, 0.15) is 51.4 Å². The second kappa shape index (κ2) is 7.34. The SMILES string of the molecule is CN(C(=O)[C@@H]1CCC[C@@H]1CN)C1CCCCC1.Cl. The van der Waals surface area contributed by atoms with Crippen LogP contribution in [0, 0.1) is 11.8 Å². The van der Waals surface area contributed by atoms with Gasteiger partial charge in [0.15, 0.2) is 0 Å². The van der Waals surface area contributed by atoms with Crippen LogP contribution in [-0.4, -0.2) is 30.4 Å². The van der Waals surface area contributed by atoms with Crippen LogP contribution >= 0.6 is 12.4 Å². The minimum Gasteiger partial charge on any atom is -0.343 e. The Morgan fingerprint density at radius 3 is 2.39 bits per heavy atom. The molecule has 2 rings (SSSR count). The number of halogens is 1. The predicted molar refractivity (Wildman–Crippen MR) is 76.8 cm³/mol. The van der Waals surface area contributed by atoms with E-state index in [0.29, 0.717) is 24.4 Å². The number of amides is 1. The van der Waals surface area contributed by atoms with Gasteiger partial charge in [0.2, 0.25) is 5.91 Å². The molecule has 18 heavy (non-hydrogen) atoms. The second-order valence-corrected chi connectivity index (χ2v) is 5.77. The highest BCUT2D eigenvalue weighted by atomic mass is 35.5. The first-order valence-corrected chi connectivity index (χ1v) is 7.20. The van der Waals surface area contributed by atoms with Crippen molar-refractivity contribution in [3.63, 3.8) is 0 Å². The van der Waals surface area contributed by atoms with E-state index in [-0.39, 0.29) is 18.3 Å². The summed E-state index contributed by atoms with van der Waals surface area (Å²) in [6.45, 7) is 0.676. The van der Waals surface area contributed by atoms with Gasteiger partial charge in [-0.15, -0.1) is 12.4 Å². The van der Waals surface area contributed by atoms with E-state index in [2.05, 4.69) is 0 Å². The highest BCUT2D eigenvalue weighted by Gasteiger charge is 2.35. The fourth-order valence-corrected chi connectivity index (χ4v) is 3.55. The van der Waals surface area contributed by atoms with Crippen molar-refractivity contribution in [3.05, 3.63) is 0 Å². The fraction of sp³-hybridized carbons (Fsp3) is 0.929. The topological polar surface area (TPSA) is 46.3 Å². The van der Waals surface area contributed by atoms with Crippen LogP contribution in [0.5, 0.6) is 0 Å². The molecule has 1 amide bonds. The molecule has 2 saturated carbocycles. The van der Waals surface area contributed by atoms with Gasteiger partial charge in [0.05, 0.1) is 0 Å². The van der Waals surface area contributed by atoms with Crippen LogP contribution in [-0.2, 0) is 4.79 Å². The van der Waals surface area contributed by atoms with Crippen LogP contribution in [0.3, 0.4) is 0 Å². The molecule has 2 N–H and O–H groups in total. The summed E-state index contributed by atoms with van der Waals surface area (Å²) in [6, 6.07) is 0.496. The Bertz CT molecular complexity index is 267. The Morgan fingerprint density at radius 2 is 1.78 bits per heavy atom. The van der Waals surface area contributed by atoms with E-state index in [1.165, 1.54) is 38.5 Å². The predicted octanol–water partition coefficient (Wildman–Crippen LogP) is 2.57. The number of nitrogens with two attached hydrogens (primary N) is 1. The van der Waals surface area contributed by atoms with E-state index in [1.807, 2.05) is 11.9 Å². The minimum atomic E-state index is 0. The molecule has 4 heteroatoms. The molecule has 0 aliphatic heterocycles. The molecule has 3 nitrogen and oxygen atoms in total. The number of carbonyl (C=O) groups is 1. The van der Waals surface area contributed by atoms with Gasteiger partial charge in [0, 0.05) is 19.0 Å². The molecule has 0 aromatic carbocycles. The van der Waals surface area contributed by atoms with Crippen molar-refractivity contribution in [1.29, 1.82) is 0 Å². The number of hydrogen-bond donors (Lipinski definition) is 1. The van der Waals surface area contributed by atoms with Crippen LogP contribution in [0.25, 0.3) is 0 Å². The maximum Gasteiger partial charge on any atom is 0.225 e. The molecular weight excluding hydrogens is 248 g/mol. The van der Waals surface area contributed by atoms with E-state index in [0.717, 1.165) is 12.8 Å². The van der Waals surface area contributed by atoms with Crippen LogP contribution in [0.4, 0.5) is 0 Å². The zero-order chi connectivity index (χ0) is 12.3. The summed E-state index contributed by atoms with van der Waals surface area (Å²) in [4.78, 5) is 14.5. The summed E-state index contributed by atoms with van der Waals surface area (Å²) in [6.07, 6.45) is 9.68. The summed E-state index contributed by atoms with van der Waals surface area (Å²) in [7, 11) is 2.00. The maximum atomic E-state index is 12.5. The van der Waals surface area contributed by atoms with Crippen LogP contribution in [0.2, 0.25) is 0 Å². The van der Waals surface area contributed by atoms with Crippen molar-refractivity contribution in [2.75, 3.05) is 13.6 Å². The molecule has 0 aromatic heterocycles. The second-order valence-electron chi connectivity index (χ2n) is 5.77. The summed E-state index contributed by atoms with van der Waals surface area (Å²) in [5.74, 6) is 1.02. The third kappa shape index (κ3) is 3.39. The molecule has 0 spiro atoms. The quantitative estimate of drug-likeness (QED) is 0.860. The van der Waals surface area contributed by atoms with Crippen molar-refractivity contribution in [1.82, 2.24) is 4.90 Å². The van der Waals surface area contributed by atoms with Crippen molar-refractivity contribution in [3.8, 4) is 0 Å². The number of nitrogens with zero attached hydrogens (tertiary/aromatic N) is 1. The molecule has 0 aromatic rings. The number of hydrogen-bond acceptors (Lipinski definition) is 2. The van der Waals surface area contributed by atoms with Gasteiger partial charge in [-0.25, -0.2) is 0 Å². The lowest BCUT2D eigenvalue weighted by Gasteiger charge is -2.34.